The normalized spacial score (nSPS) is 10.7. The molecule has 0 saturated carbocycles. The van der Waals surface area contributed by atoms with E-state index in [0.29, 0.717) is 56.3 Å². The molecular weight excluding hydrogens is 498 g/mol. The molecule has 0 unspecified atom stereocenters. The number of carbonyl (C=O) groups excluding carboxylic acids is 2. The van der Waals surface area contributed by atoms with E-state index in [1.54, 1.807) is 38.6 Å². The highest BCUT2D eigenvalue weighted by molar-refractivity contribution is 5.93. The molecule has 3 amide bonds. The quantitative estimate of drug-likeness (QED) is 0.289. The number of urea groups is 1. The van der Waals surface area contributed by atoms with Gasteiger partial charge < -0.3 is 33.7 Å². The van der Waals surface area contributed by atoms with E-state index in [9.17, 15) is 9.59 Å². The zero-order valence-corrected chi connectivity index (χ0v) is 23.5. The Morgan fingerprint density at radius 3 is 2.38 bits per heavy atom. The maximum absolute atomic E-state index is 13.6. The Morgan fingerprint density at radius 1 is 0.923 bits per heavy atom. The number of furan rings is 1. The predicted molar refractivity (Wildman–Crippen MR) is 150 cm³/mol. The third-order valence-electron chi connectivity index (χ3n) is 6.41. The highest BCUT2D eigenvalue weighted by Crippen LogP contribution is 2.28. The molecule has 0 bridgehead atoms. The fraction of sp³-hybridized carbons (Fsp3) is 0.400. The molecule has 1 N–H and O–H groups in total. The Labute approximate surface area is 230 Å². The fourth-order valence-corrected chi connectivity index (χ4v) is 4.25. The lowest BCUT2D eigenvalue weighted by Gasteiger charge is -2.28. The molecule has 3 aromatic rings. The number of benzene rings is 2. The Balaban J connectivity index is 1.75. The monoisotopic (exact) mass is 537 g/mol. The maximum Gasteiger partial charge on any atom is 0.322 e. The number of amides is 3. The van der Waals surface area contributed by atoms with E-state index in [-0.39, 0.29) is 18.5 Å². The fourth-order valence-electron chi connectivity index (χ4n) is 4.25. The highest BCUT2D eigenvalue weighted by Gasteiger charge is 2.23. The first-order valence-corrected chi connectivity index (χ1v) is 13.0. The molecule has 9 heteroatoms. The van der Waals surface area contributed by atoms with Crippen molar-refractivity contribution in [3.05, 3.63) is 77.2 Å². The van der Waals surface area contributed by atoms with Crippen LogP contribution in [-0.2, 0) is 22.5 Å². The van der Waals surface area contributed by atoms with E-state index in [1.807, 2.05) is 56.3 Å². The minimum atomic E-state index is -0.329. The molecule has 2 aromatic carbocycles. The van der Waals surface area contributed by atoms with Gasteiger partial charge in [0.25, 0.3) is 0 Å². The van der Waals surface area contributed by atoms with Gasteiger partial charge in [-0.25, -0.2) is 4.79 Å². The van der Waals surface area contributed by atoms with E-state index < -0.39 is 0 Å². The van der Waals surface area contributed by atoms with Crippen molar-refractivity contribution in [1.29, 1.82) is 0 Å². The number of carbonyl (C=O) groups is 2. The van der Waals surface area contributed by atoms with E-state index in [0.717, 1.165) is 22.4 Å². The SMILES string of the molecule is COCCCN(CC(=O)N(CCc1ccc(OC)c(OC)c1)Cc1ccco1)C(=O)Nc1ccc(C)cc1C. The zero-order valence-electron chi connectivity index (χ0n) is 23.5. The second-order valence-electron chi connectivity index (χ2n) is 9.35. The maximum atomic E-state index is 13.6. The summed E-state index contributed by atoms with van der Waals surface area (Å²) in [7, 11) is 4.80. The Hall–Kier alpha value is -3.98. The molecule has 1 heterocycles. The molecule has 0 spiro atoms. The molecule has 39 heavy (non-hydrogen) atoms. The van der Waals surface area contributed by atoms with Gasteiger partial charge in [-0.3, -0.25) is 4.79 Å². The number of ether oxygens (including phenoxy) is 3. The molecule has 0 aliphatic heterocycles. The summed E-state index contributed by atoms with van der Waals surface area (Å²) in [5.41, 5.74) is 3.78. The van der Waals surface area contributed by atoms with Crippen LogP contribution in [0.15, 0.2) is 59.2 Å². The van der Waals surface area contributed by atoms with Crippen molar-refractivity contribution in [2.75, 3.05) is 52.9 Å². The third-order valence-corrected chi connectivity index (χ3v) is 6.41. The zero-order chi connectivity index (χ0) is 28.2. The van der Waals surface area contributed by atoms with Gasteiger partial charge in [0.15, 0.2) is 11.5 Å². The summed E-state index contributed by atoms with van der Waals surface area (Å²) in [5.74, 6) is 1.76. The van der Waals surface area contributed by atoms with E-state index in [4.69, 9.17) is 18.6 Å². The van der Waals surface area contributed by atoms with E-state index in [1.165, 1.54) is 4.90 Å². The van der Waals surface area contributed by atoms with Gasteiger partial charge in [-0.15, -0.1) is 0 Å². The number of nitrogens with one attached hydrogen (secondary N) is 1. The van der Waals surface area contributed by atoms with Crippen LogP contribution in [0, 0.1) is 13.8 Å². The number of aryl methyl sites for hydroxylation is 2. The summed E-state index contributed by atoms with van der Waals surface area (Å²) in [6.45, 7) is 5.46. The highest BCUT2D eigenvalue weighted by atomic mass is 16.5. The van der Waals surface area contributed by atoms with Crippen molar-refractivity contribution in [3.8, 4) is 11.5 Å². The number of anilines is 1. The lowest BCUT2D eigenvalue weighted by atomic mass is 10.1. The molecule has 0 radical (unpaired) electrons. The van der Waals surface area contributed by atoms with Crippen LogP contribution < -0.4 is 14.8 Å². The van der Waals surface area contributed by atoms with Crippen LogP contribution in [0.25, 0.3) is 0 Å². The molecule has 0 saturated heterocycles. The molecule has 0 atom stereocenters. The third kappa shape index (κ3) is 8.78. The van der Waals surface area contributed by atoms with Crippen molar-refractivity contribution in [2.24, 2.45) is 0 Å². The summed E-state index contributed by atoms with van der Waals surface area (Å²) in [4.78, 5) is 30.1. The molecule has 0 aliphatic rings. The van der Waals surface area contributed by atoms with Crippen LogP contribution in [-0.4, -0.2) is 69.3 Å². The van der Waals surface area contributed by atoms with Crippen molar-refractivity contribution in [2.45, 2.75) is 33.2 Å². The van der Waals surface area contributed by atoms with Gasteiger partial charge in [0.2, 0.25) is 5.91 Å². The minimum absolute atomic E-state index is 0.0763. The van der Waals surface area contributed by atoms with E-state index >= 15 is 0 Å². The van der Waals surface area contributed by atoms with Crippen LogP contribution in [0.1, 0.15) is 28.9 Å². The second-order valence-corrected chi connectivity index (χ2v) is 9.35. The van der Waals surface area contributed by atoms with Gasteiger partial charge >= 0.3 is 6.03 Å². The largest absolute Gasteiger partial charge is 0.493 e. The van der Waals surface area contributed by atoms with Gasteiger partial charge in [0.05, 0.1) is 27.0 Å². The van der Waals surface area contributed by atoms with Crippen LogP contribution in [0.2, 0.25) is 0 Å². The predicted octanol–water partition coefficient (Wildman–Crippen LogP) is 5.06. The standard InChI is InChI=1S/C30H39N3O6/c1-22-9-11-26(23(2)18-22)31-30(35)33(14-7-16-36-3)21-29(34)32(20-25-8-6-17-39-25)15-13-24-10-12-27(37-4)28(19-24)38-5/h6,8-12,17-19H,7,13-16,20-21H2,1-5H3,(H,31,35). The minimum Gasteiger partial charge on any atom is -0.493 e. The van der Waals surface area contributed by atoms with Crippen LogP contribution in [0.4, 0.5) is 10.5 Å². The van der Waals surface area contributed by atoms with Crippen molar-refractivity contribution < 1.29 is 28.2 Å². The second kappa shape index (κ2) is 14.8. The van der Waals surface area contributed by atoms with Crippen molar-refractivity contribution >= 4 is 17.6 Å². The molecule has 0 aliphatic carbocycles. The molecule has 0 fully saturated rings. The molecule has 9 nitrogen and oxygen atoms in total. The van der Waals surface area contributed by atoms with Crippen molar-refractivity contribution in [1.82, 2.24) is 9.80 Å². The van der Waals surface area contributed by atoms with Gasteiger partial charge in [0, 0.05) is 32.5 Å². The number of methoxy groups -OCH3 is 3. The lowest BCUT2D eigenvalue weighted by molar-refractivity contribution is -0.132. The van der Waals surface area contributed by atoms with Crippen LogP contribution in [0.3, 0.4) is 0 Å². The van der Waals surface area contributed by atoms with E-state index in [2.05, 4.69) is 5.32 Å². The summed E-state index contributed by atoms with van der Waals surface area (Å²) >= 11 is 0. The molecule has 1 aromatic heterocycles. The number of hydrogen-bond acceptors (Lipinski definition) is 6. The lowest BCUT2D eigenvalue weighted by Crippen LogP contribution is -2.45. The Morgan fingerprint density at radius 2 is 1.72 bits per heavy atom. The van der Waals surface area contributed by atoms with Crippen molar-refractivity contribution in [3.63, 3.8) is 0 Å². The Bertz CT molecular complexity index is 1210. The first-order valence-electron chi connectivity index (χ1n) is 13.0. The summed E-state index contributed by atoms with van der Waals surface area (Å²) in [6.07, 6.45) is 2.78. The average molecular weight is 538 g/mol. The number of rotatable bonds is 14. The average Bonchev–Trinajstić information content (AvgIpc) is 3.45. The van der Waals surface area contributed by atoms with Gasteiger partial charge in [0.1, 0.15) is 12.3 Å². The smallest absolute Gasteiger partial charge is 0.322 e. The Kier molecular flexibility index (Phi) is 11.2. The number of nitrogens with zero attached hydrogens (tertiary/aromatic N) is 2. The first-order chi connectivity index (χ1) is 18.8. The summed E-state index contributed by atoms with van der Waals surface area (Å²) < 4.78 is 21.5. The van der Waals surface area contributed by atoms with Gasteiger partial charge in [-0.05, 0) is 68.1 Å². The molecule has 3 rings (SSSR count). The first kappa shape index (κ1) is 29.6. The molecule has 210 valence electrons. The molecular formula is C30H39N3O6. The summed E-state index contributed by atoms with van der Waals surface area (Å²) in [5, 5.41) is 2.97. The van der Waals surface area contributed by atoms with Gasteiger partial charge in [-0.2, -0.15) is 0 Å². The van der Waals surface area contributed by atoms with Crippen LogP contribution >= 0.6 is 0 Å². The number of hydrogen-bond donors (Lipinski definition) is 1. The van der Waals surface area contributed by atoms with Crippen LogP contribution in [0.5, 0.6) is 11.5 Å². The topological polar surface area (TPSA) is 93.5 Å². The summed E-state index contributed by atoms with van der Waals surface area (Å²) in [6, 6.07) is 14.8. The van der Waals surface area contributed by atoms with Gasteiger partial charge in [-0.1, -0.05) is 23.8 Å².